The van der Waals surface area contributed by atoms with E-state index in [1.807, 2.05) is 6.92 Å². The molecular weight excluding hydrogens is 288 g/mol. The molecule has 1 fully saturated rings. The van der Waals surface area contributed by atoms with Crippen LogP contribution in [0.1, 0.15) is 32.6 Å². The Kier molecular flexibility index (Phi) is 7.87. The van der Waals surface area contributed by atoms with Gasteiger partial charge in [0.15, 0.2) is 0 Å². The summed E-state index contributed by atoms with van der Waals surface area (Å²) >= 11 is 0. The Balaban J connectivity index is 2.50. The lowest BCUT2D eigenvalue weighted by molar-refractivity contribution is -0.150. The second kappa shape index (κ2) is 9.40. The Hall–Kier alpha value is -1.63. The lowest BCUT2D eigenvalue weighted by atomic mass is 9.84. The van der Waals surface area contributed by atoms with E-state index in [9.17, 15) is 14.4 Å². The number of rotatable bonds is 7. The molecule has 0 aromatic carbocycles. The number of hydrogen-bond acceptors (Lipinski definition) is 6. The van der Waals surface area contributed by atoms with Gasteiger partial charge in [0.1, 0.15) is 6.04 Å². The zero-order valence-electron chi connectivity index (χ0n) is 13.5. The van der Waals surface area contributed by atoms with Crippen LogP contribution in [0.4, 0.5) is 0 Å². The maximum absolute atomic E-state index is 12.1. The van der Waals surface area contributed by atoms with Crippen molar-refractivity contribution < 1.29 is 23.9 Å². The first-order valence-electron chi connectivity index (χ1n) is 7.62. The van der Waals surface area contributed by atoms with Gasteiger partial charge in [-0.15, -0.1) is 0 Å². The van der Waals surface area contributed by atoms with E-state index in [1.54, 1.807) is 0 Å². The zero-order chi connectivity index (χ0) is 16.5. The molecule has 2 N–H and O–H groups in total. The van der Waals surface area contributed by atoms with Gasteiger partial charge in [0.25, 0.3) is 0 Å². The molecule has 22 heavy (non-hydrogen) atoms. The monoisotopic (exact) mass is 314 g/mol. The molecular formula is C15H26N2O5. The topological polar surface area (TPSA) is 93.7 Å². The van der Waals surface area contributed by atoms with Crippen molar-refractivity contribution >= 4 is 17.8 Å². The zero-order valence-corrected chi connectivity index (χ0v) is 13.5. The van der Waals surface area contributed by atoms with Crippen molar-refractivity contribution in [3.8, 4) is 0 Å². The molecule has 1 heterocycles. The highest BCUT2D eigenvalue weighted by Gasteiger charge is 2.27. The third-order valence-corrected chi connectivity index (χ3v) is 4.12. The predicted octanol–water partition coefficient (Wildman–Crippen LogP) is 0.233. The standard InChI is InChI=1S/C15H26N2O5/c1-10(11-4-6-16-7-5-11)8-13(18)17-12(15(20)22-3)9-14(19)21-2/h10-12,16H,4-9H2,1-3H3,(H,17,18). The summed E-state index contributed by atoms with van der Waals surface area (Å²) in [5, 5.41) is 5.87. The molecule has 2 unspecified atom stereocenters. The van der Waals surface area contributed by atoms with Gasteiger partial charge in [-0.25, -0.2) is 4.79 Å². The quantitative estimate of drug-likeness (QED) is 0.654. The lowest BCUT2D eigenvalue weighted by Gasteiger charge is -2.28. The molecule has 1 saturated heterocycles. The van der Waals surface area contributed by atoms with E-state index >= 15 is 0 Å². The molecule has 0 spiro atoms. The van der Waals surface area contributed by atoms with Gasteiger partial charge < -0.3 is 20.1 Å². The number of carbonyl (C=O) groups is 3. The van der Waals surface area contributed by atoms with Crippen LogP contribution < -0.4 is 10.6 Å². The van der Waals surface area contributed by atoms with E-state index in [2.05, 4.69) is 20.1 Å². The molecule has 126 valence electrons. The van der Waals surface area contributed by atoms with Gasteiger partial charge in [-0.2, -0.15) is 0 Å². The maximum atomic E-state index is 12.1. The SMILES string of the molecule is COC(=O)CC(NC(=O)CC(C)C1CCNCC1)C(=O)OC. The molecule has 0 saturated carbocycles. The molecule has 1 amide bonds. The van der Waals surface area contributed by atoms with Crippen LogP contribution in [0, 0.1) is 11.8 Å². The van der Waals surface area contributed by atoms with Crippen molar-refractivity contribution in [2.75, 3.05) is 27.3 Å². The molecule has 0 bridgehead atoms. The van der Waals surface area contributed by atoms with Crippen LogP contribution in [0.3, 0.4) is 0 Å². The van der Waals surface area contributed by atoms with E-state index in [0.29, 0.717) is 12.3 Å². The summed E-state index contributed by atoms with van der Waals surface area (Å²) in [6.45, 7) is 4.00. The minimum Gasteiger partial charge on any atom is -0.469 e. The molecule has 7 nitrogen and oxygen atoms in total. The number of hydrogen-bond donors (Lipinski definition) is 2. The van der Waals surface area contributed by atoms with Gasteiger partial charge in [0.05, 0.1) is 20.6 Å². The first-order valence-corrected chi connectivity index (χ1v) is 7.62. The fourth-order valence-electron chi connectivity index (χ4n) is 2.71. The second-order valence-electron chi connectivity index (χ2n) is 5.69. The van der Waals surface area contributed by atoms with Gasteiger partial charge in [-0.3, -0.25) is 9.59 Å². The largest absolute Gasteiger partial charge is 0.469 e. The highest BCUT2D eigenvalue weighted by molar-refractivity contribution is 5.88. The number of methoxy groups -OCH3 is 2. The second-order valence-corrected chi connectivity index (χ2v) is 5.69. The summed E-state index contributed by atoms with van der Waals surface area (Å²) in [5.41, 5.74) is 0. The van der Waals surface area contributed by atoms with Crippen LogP contribution in [0.2, 0.25) is 0 Å². The normalized spacial score (nSPS) is 18.1. The Bertz CT molecular complexity index is 393. The first kappa shape index (κ1) is 18.4. The molecule has 0 radical (unpaired) electrons. The van der Waals surface area contributed by atoms with Gasteiger partial charge in [-0.05, 0) is 37.8 Å². The van der Waals surface area contributed by atoms with Crippen LogP contribution in [-0.2, 0) is 23.9 Å². The van der Waals surface area contributed by atoms with E-state index < -0.39 is 18.0 Å². The van der Waals surface area contributed by atoms with Crippen molar-refractivity contribution in [2.24, 2.45) is 11.8 Å². The number of carbonyl (C=O) groups excluding carboxylic acids is 3. The Morgan fingerprint density at radius 2 is 1.77 bits per heavy atom. The highest BCUT2D eigenvalue weighted by atomic mass is 16.5. The van der Waals surface area contributed by atoms with Crippen LogP contribution in [0.15, 0.2) is 0 Å². The molecule has 0 aromatic rings. The number of esters is 2. The third-order valence-electron chi connectivity index (χ3n) is 4.12. The number of piperidine rings is 1. The highest BCUT2D eigenvalue weighted by Crippen LogP contribution is 2.24. The summed E-state index contributed by atoms with van der Waals surface area (Å²) in [7, 11) is 2.45. The van der Waals surface area contributed by atoms with E-state index in [4.69, 9.17) is 0 Å². The summed E-state index contributed by atoms with van der Waals surface area (Å²) in [6, 6.07) is -0.995. The molecule has 1 aliphatic heterocycles. The fraction of sp³-hybridized carbons (Fsp3) is 0.800. The van der Waals surface area contributed by atoms with Gasteiger partial charge >= 0.3 is 11.9 Å². The average Bonchev–Trinajstić information content (AvgIpc) is 2.53. The van der Waals surface area contributed by atoms with Gasteiger partial charge in [0, 0.05) is 6.42 Å². The third kappa shape index (κ3) is 6.01. The molecule has 7 heteroatoms. The summed E-state index contributed by atoms with van der Waals surface area (Å²) in [4.78, 5) is 35.0. The summed E-state index contributed by atoms with van der Waals surface area (Å²) in [5.74, 6) is -0.719. The number of nitrogens with one attached hydrogen (secondary N) is 2. The minimum absolute atomic E-state index is 0.226. The van der Waals surface area contributed by atoms with E-state index in [-0.39, 0.29) is 18.2 Å². The van der Waals surface area contributed by atoms with Crippen molar-refractivity contribution in [2.45, 2.75) is 38.6 Å². The predicted molar refractivity (Wildman–Crippen MR) is 80.0 cm³/mol. The van der Waals surface area contributed by atoms with Crippen LogP contribution in [0.25, 0.3) is 0 Å². The molecule has 0 aromatic heterocycles. The van der Waals surface area contributed by atoms with Crippen LogP contribution in [0.5, 0.6) is 0 Å². The lowest BCUT2D eigenvalue weighted by Crippen LogP contribution is -2.44. The number of ether oxygens (including phenoxy) is 2. The Labute approximate surface area is 131 Å². The van der Waals surface area contributed by atoms with Crippen molar-refractivity contribution in [3.05, 3.63) is 0 Å². The summed E-state index contributed by atoms with van der Waals surface area (Å²) < 4.78 is 9.14. The van der Waals surface area contributed by atoms with Crippen LogP contribution in [-0.4, -0.2) is 51.2 Å². The smallest absolute Gasteiger partial charge is 0.328 e. The molecule has 0 aliphatic carbocycles. The van der Waals surface area contributed by atoms with Gasteiger partial charge in [0.2, 0.25) is 5.91 Å². The fourth-order valence-corrected chi connectivity index (χ4v) is 2.71. The first-order chi connectivity index (χ1) is 10.5. The van der Waals surface area contributed by atoms with E-state index in [0.717, 1.165) is 25.9 Å². The molecule has 1 rings (SSSR count). The Morgan fingerprint density at radius 3 is 2.32 bits per heavy atom. The molecule has 1 aliphatic rings. The van der Waals surface area contributed by atoms with Gasteiger partial charge in [-0.1, -0.05) is 6.92 Å². The van der Waals surface area contributed by atoms with Crippen LogP contribution >= 0.6 is 0 Å². The number of amides is 1. The average molecular weight is 314 g/mol. The van der Waals surface area contributed by atoms with Crippen molar-refractivity contribution in [3.63, 3.8) is 0 Å². The minimum atomic E-state index is -0.995. The van der Waals surface area contributed by atoms with Crippen molar-refractivity contribution in [1.82, 2.24) is 10.6 Å². The summed E-state index contributed by atoms with van der Waals surface area (Å²) in [6.07, 6.45) is 2.21. The maximum Gasteiger partial charge on any atom is 0.328 e. The molecule has 2 atom stereocenters. The van der Waals surface area contributed by atoms with Crippen molar-refractivity contribution in [1.29, 1.82) is 0 Å². The Morgan fingerprint density at radius 1 is 1.14 bits per heavy atom. The van der Waals surface area contributed by atoms with E-state index in [1.165, 1.54) is 14.2 Å².